The maximum Gasteiger partial charge on any atom is 0.251 e. The van der Waals surface area contributed by atoms with Crippen molar-refractivity contribution in [2.75, 3.05) is 26.2 Å². The molecule has 0 aliphatic heterocycles. The van der Waals surface area contributed by atoms with E-state index < -0.39 is 0 Å². The fourth-order valence-corrected chi connectivity index (χ4v) is 3.58. The monoisotopic (exact) mass is 394 g/mol. The van der Waals surface area contributed by atoms with Crippen LogP contribution in [0.4, 0.5) is 0 Å². The highest BCUT2D eigenvalue weighted by Crippen LogP contribution is 2.43. The van der Waals surface area contributed by atoms with Crippen molar-refractivity contribution in [3.8, 4) is 5.75 Å². The van der Waals surface area contributed by atoms with Gasteiger partial charge in [-0.25, -0.2) is 0 Å². The van der Waals surface area contributed by atoms with E-state index in [1.165, 1.54) is 37.0 Å². The molecule has 0 spiro atoms. The maximum absolute atomic E-state index is 12.1. The van der Waals surface area contributed by atoms with E-state index in [4.69, 9.17) is 4.99 Å². The van der Waals surface area contributed by atoms with Crippen LogP contribution in [0.25, 0.3) is 0 Å². The number of carbonyl (C=O) groups is 1. The van der Waals surface area contributed by atoms with Gasteiger partial charge in [-0.05, 0) is 49.6 Å². The lowest BCUT2D eigenvalue weighted by Crippen LogP contribution is -2.43. The number of nitrogens with zero attached hydrogens (tertiary/aromatic N) is 1. The number of nitrogens with one attached hydrogen (secondary N) is 3. The maximum atomic E-state index is 12.1. The van der Waals surface area contributed by atoms with Crippen LogP contribution in [0.5, 0.6) is 5.75 Å². The number of hydrogen-bond acceptors (Lipinski definition) is 3. The predicted octanol–water partition coefficient (Wildman–Crippen LogP) is 2.80. The molecule has 0 bridgehead atoms. The minimum atomic E-state index is -0.161. The highest BCUT2D eigenvalue weighted by Gasteiger charge is 2.38. The fourth-order valence-electron chi connectivity index (χ4n) is 3.58. The molecule has 0 saturated heterocycles. The molecule has 0 radical (unpaired) electrons. The van der Waals surface area contributed by atoms with E-state index in [9.17, 15) is 9.90 Å². The molecule has 0 aromatic heterocycles. The minimum absolute atomic E-state index is 0.148. The number of amides is 1. The number of guanidine groups is 1. The number of aromatic hydroxyl groups is 1. The Morgan fingerprint density at radius 1 is 1.00 bits per heavy atom. The number of rotatable bonds is 8. The second kappa shape index (κ2) is 9.96. The zero-order chi connectivity index (χ0) is 20.5. The van der Waals surface area contributed by atoms with Gasteiger partial charge in [0.15, 0.2) is 5.96 Å². The SMILES string of the molecule is CCNC(=NCC1(c2ccccc2)CCC1)NCCNC(=O)c1ccc(O)cc1. The van der Waals surface area contributed by atoms with Gasteiger partial charge >= 0.3 is 0 Å². The van der Waals surface area contributed by atoms with Crippen molar-refractivity contribution in [3.05, 3.63) is 65.7 Å². The largest absolute Gasteiger partial charge is 0.508 e. The molecule has 4 N–H and O–H groups in total. The average molecular weight is 395 g/mol. The molecule has 1 saturated carbocycles. The molecule has 154 valence electrons. The van der Waals surface area contributed by atoms with Crippen molar-refractivity contribution in [1.82, 2.24) is 16.0 Å². The molecule has 0 heterocycles. The minimum Gasteiger partial charge on any atom is -0.508 e. The van der Waals surface area contributed by atoms with Gasteiger partial charge in [-0.1, -0.05) is 36.8 Å². The van der Waals surface area contributed by atoms with E-state index >= 15 is 0 Å². The van der Waals surface area contributed by atoms with E-state index in [1.54, 1.807) is 12.1 Å². The van der Waals surface area contributed by atoms with Gasteiger partial charge in [0.25, 0.3) is 5.91 Å². The summed E-state index contributed by atoms with van der Waals surface area (Å²) in [5.41, 5.74) is 2.04. The molecule has 1 fully saturated rings. The summed E-state index contributed by atoms with van der Waals surface area (Å²) >= 11 is 0. The Hall–Kier alpha value is -3.02. The first-order valence-corrected chi connectivity index (χ1v) is 10.3. The Morgan fingerprint density at radius 3 is 2.31 bits per heavy atom. The Morgan fingerprint density at radius 2 is 1.69 bits per heavy atom. The lowest BCUT2D eigenvalue weighted by Gasteiger charge is -2.41. The summed E-state index contributed by atoms with van der Waals surface area (Å²) in [7, 11) is 0. The van der Waals surface area contributed by atoms with Crippen molar-refractivity contribution in [2.24, 2.45) is 4.99 Å². The van der Waals surface area contributed by atoms with E-state index in [0.29, 0.717) is 18.7 Å². The summed E-state index contributed by atoms with van der Waals surface area (Å²) < 4.78 is 0. The second-order valence-corrected chi connectivity index (χ2v) is 7.42. The van der Waals surface area contributed by atoms with E-state index in [0.717, 1.165) is 19.0 Å². The topological polar surface area (TPSA) is 85.8 Å². The van der Waals surface area contributed by atoms with Gasteiger partial charge in [0, 0.05) is 30.6 Å². The van der Waals surface area contributed by atoms with Crippen LogP contribution in [0.1, 0.15) is 42.1 Å². The molecule has 29 heavy (non-hydrogen) atoms. The van der Waals surface area contributed by atoms with Gasteiger partial charge in [-0.2, -0.15) is 0 Å². The number of aliphatic imine (C=N–C) groups is 1. The fraction of sp³-hybridized carbons (Fsp3) is 0.391. The number of carbonyl (C=O) groups excluding carboxylic acids is 1. The molecular formula is C23H30N4O2. The molecule has 6 heteroatoms. The van der Waals surface area contributed by atoms with Gasteiger partial charge in [0.05, 0.1) is 6.54 Å². The highest BCUT2D eigenvalue weighted by molar-refractivity contribution is 5.94. The van der Waals surface area contributed by atoms with Crippen molar-refractivity contribution < 1.29 is 9.90 Å². The predicted molar refractivity (Wildman–Crippen MR) is 116 cm³/mol. The molecule has 0 unspecified atom stereocenters. The Labute approximate surface area is 172 Å². The summed E-state index contributed by atoms with van der Waals surface area (Å²) in [6.45, 7) is 4.64. The van der Waals surface area contributed by atoms with Gasteiger partial charge < -0.3 is 21.1 Å². The number of hydrogen-bond donors (Lipinski definition) is 4. The highest BCUT2D eigenvalue weighted by atomic mass is 16.3. The Balaban J connectivity index is 1.50. The average Bonchev–Trinajstić information content (AvgIpc) is 2.71. The molecular weight excluding hydrogens is 364 g/mol. The first-order chi connectivity index (χ1) is 14.1. The molecule has 1 aliphatic rings. The van der Waals surface area contributed by atoms with Crippen molar-refractivity contribution >= 4 is 11.9 Å². The quantitative estimate of drug-likeness (QED) is 0.315. The van der Waals surface area contributed by atoms with Crippen LogP contribution < -0.4 is 16.0 Å². The van der Waals surface area contributed by atoms with Crippen LogP contribution in [0.15, 0.2) is 59.6 Å². The van der Waals surface area contributed by atoms with Crippen LogP contribution in [0.3, 0.4) is 0 Å². The normalized spacial score (nSPS) is 15.3. The third-order valence-electron chi connectivity index (χ3n) is 5.41. The van der Waals surface area contributed by atoms with E-state index in [1.807, 2.05) is 6.92 Å². The number of phenols is 1. The van der Waals surface area contributed by atoms with Gasteiger partial charge in [0.2, 0.25) is 0 Å². The molecule has 1 amide bonds. The Bertz CT molecular complexity index is 815. The van der Waals surface area contributed by atoms with Crippen molar-refractivity contribution in [1.29, 1.82) is 0 Å². The van der Waals surface area contributed by atoms with Crippen LogP contribution in [-0.4, -0.2) is 43.2 Å². The molecule has 2 aromatic carbocycles. The molecule has 0 atom stereocenters. The summed E-state index contributed by atoms with van der Waals surface area (Å²) in [5.74, 6) is 0.759. The van der Waals surface area contributed by atoms with Crippen LogP contribution in [-0.2, 0) is 5.41 Å². The molecule has 3 rings (SSSR count). The first kappa shape index (κ1) is 20.7. The Kier molecular flexibility index (Phi) is 7.11. The summed E-state index contributed by atoms with van der Waals surface area (Å²) in [4.78, 5) is 16.9. The molecule has 1 aliphatic carbocycles. The molecule has 2 aromatic rings. The summed E-state index contributed by atoms with van der Waals surface area (Å²) in [6.07, 6.45) is 3.59. The number of benzene rings is 2. The lowest BCUT2D eigenvalue weighted by atomic mass is 9.64. The van der Waals surface area contributed by atoms with Gasteiger partial charge in [-0.15, -0.1) is 0 Å². The van der Waals surface area contributed by atoms with Crippen molar-refractivity contribution in [2.45, 2.75) is 31.6 Å². The summed E-state index contributed by atoms with van der Waals surface area (Å²) in [6, 6.07) is 16.9. The van der Waals surface area contributed by atoms with Crippen LogP contribution >= 0.6 is 0 Å². The van der Waals surface area contributed by atoms with Crippen LogP contribution in [0, 0.1) is 0 Å². The molecule has 6 nitrogen and oxygen atoms in total. The zero-order valence-corrected chi connectivity index (χ0v) is 16.9. The van der Waals surface area contributed by atoms with E-state index in [-0.39, 0.29) is 17.1 Å². The summed E-state index contributed by atoms with van der Waals surface area (Å²) in [5, 5.41) is 18.7. The zero-order valence-electron chi connectivity index (χ0n) is 16.9. The third kappa shape index (κ3) is 5.50. The third-order valence-corrected chi connectivity index (χ3v) is 5.41. The van der Waals surface area contributed by atoms with E-state index in [2.05, 4.69) is 46.3 Å². The first-order valence-electron chi connectivity index (χ1n) is 10.3. The smallest absolute Gasteiger partial charge is 0.251 e. The van der Waals surface area contributed by atoms with Gasteiger partial charge in [0.1, 0.15) is 5.75 Å². The lowest BCUT2D eigenvalue weighted by molar-refractivity contribution is 0.0954. The standard InChI is InChI=1S/C23H30N4O2/c1-2-24-22(26-16-15-25-21(29)18-9-11-20(28)12-10-18)27-17-23(13-6-14-23)19-7-4-3-5-8-19/h3-5,7-12,28H,2,6,13-17H2,1H3,(H,25,29)(H2,24,26,27). The second-order valence-electron chi connectivity index (χ2n) is 7.42. The van der Waals surface area contributed by atoms with Crippen molar-refractivity contribution in [3.63, 3.8) is 0 Å². The number of phenolic OH excluding ortho intramolecular Hbond substituents is 1. The van der Waals surface area contributed by atoms with Crippen LogP contribution in [0.2, 0.25) is 0 Å². The van der Waals surface area contributed by atoms with Gasteiger partial charge in [-0.3, -0.25) is 9.79 Å².